The molecule has 0 aromatic carbocycles. The summed E-state index contributed by atoms with van der Waals surface area (Å²) in [6.45, 7) is 5.80. The van der Waals surface area contributed by atoms with Crippen molar-refractivity contribution in [3.8, 4) is 0 Å². The zero-order chi connectivity index (χ0) is 10.9. The molecular formula is C11H19KO3. The van der Waals surface area contributed by atoms with Crippen LogP contribution >= 0.6 is 0 Å². The van der Waals surface area contributed by atoms with Gasteiger partial charge in [-0.25, -0.2) is 0 Å². The van der Waals surface area contributed by atoms with Crippen molar-refractivity contribution in [2.45, 2.75) is 46.1 Å². The van der Waals surface area contributed by atoms with Crippen LogP contribution in [0.25, 0.3) is 0 Å². The zero-order valence-electron chi connectivity index (χ0n) is 10.1. The summed E-state index contributed by atoms with van der Waals surface area (Å²) >= 11 is 0. The Morgan fingerprint density at radius 1 is 1.53 bits per heavy atom. The number of aliphatic hydroxyl groups is 1. The third-order valence-corrected chi connectivity index (χ3v) is 3.53. The summed E-state index contributed by atoms with van der Waals surface area (Å²) in [5, 5.41) is 20.7. The number of aliphatic carboxylic acids is 1. The van der Waals surface area contributed by atoms with Crippen molar-refractivity contribution in [3.63, 3.8) is 0 Å². The van der Waals surface area contributed by atoms with Crippen molar-refractivity contribution in [2.75, 3.05) is 0 Å². The number of carboxylic acid groups (broad SMARTS) is 1. The van der Waals surface area contributed by atoms with Crippen LogP contribution in [-0.2, 0) is 4.79 Å². The molecule has 1 aliphatic carbocycles. The number of hydrogen-bond acceptors (Lipinski definition) is 3. The van der Waals surface area contributed by atoms with Gasteiger partial charge in [-0.3, -0.25) is 0 Å². The second-order valence-electron chi connectivity index (χ2n) is 5.07. The van der Waals surface area contributed by atoms with Gasteiger partial charge in [0, 0.05) is 11.4 Å². The average molecular weight is 238 g/mol. The molecule has 1 saturated carbocycles. The molecule has 3 unspecified atom stereocenters. The fourth-order valence-electron chi connectivity index (χ4n) is 2.36. The number of rotatable bonds is 2. The fraction of sp³-hybridized carbons (Fsp3) is 0.909. The molecule has 1 rings (SSSR count). The second kappa shape index (κ2) is 6.12. The van der Waals surface area contributed by atoms with Gasteiger partial charge in [0.25, 0.3) is 0 Å². The molecule has 0 aromatic rings. The van der Waals surface area contributed by atoms with Crippen LogP contribution in [0.3, 0.4) is 0 Å². The molecule has 0 saturated heterocycles. The summed E-state index contributed by atoms with van der Waals surface area (Å²) in [4.78, 5) is 10.9. The van der Waals surface area contributed by atoms with E-state index >= 15 is 0 Å². The summed E-state index contributed by atoms with van der Waals surface area (Å²) < 4.78 is 0. The summed E-state index contributed by atoms with van der Waals surface area (Å²) in [6.07, 6.45) is 1.24. The van der Waals surface area contributed by atoms with Crippen LogP contribution in [0, 0.1) is 17.3 Å². The Morgan fingerprint density at radius 3 is 2.40 bits per heavy atom. The fourth-order valence-corrected chi connectivity index (χ4v) is 2.36. The van der Waals surface area contributed by atoms with E-state index in [4.69, 9.17) is 0 Å². The van der Waals surface area contributed by atoms with Crippen LogP contribution in [0.5, 0.6) is 0 Å². The zero-order valence-corrected chi connectivity index (χ0v) is 13.2. The topological polar surface area (TPSA) is 60.4 Å². The molecule has 0 radical (unpaired) electrons. The standard InChI is InChI=1S/C11H20O3.K/c1-7(2)8-4-5-11(3,10(13)14)6-9(8)12;/h7-9,12H,4-6H2,1-3H3,(H,13,14);/q;+1/p-1. The van der Waals surface area contributed by atoms with Crippen molar-refractivity contribution in [3.05, 3.63) is 0 Å². The smallest absolute Gasteiger partial charge is 0.550 e. The Kier molecular flexibility index (Phi) is 6.56. The SMILES string of the molecule is CC(C)C1CCC(C)(C(=O)[O-])CC1O.[K+]. The molecule has 4 heteroatoms. The van der Waals surface area contributed by atoms with Gasteiger partial charge in [0.2, 0.25) is 0 Å². The van der Waals surface area contributed by atoms with Gasteiger partial charge in [-0.1, -0.05) is 20.8 Å². The minimum Gasteiger partial charge on any atom is -0.550 e. The van der Waals surface area contributed by atoms with Gasteiger partial charge < -0.3 is 15.0 Å². The van der Waals surface area contributed by atoms with Crippen LogP contribution in [-0.4, -0.2) is 17.2 Å². The predicted molar refractivity (Wildman–Crippen MR) is 51.3 cm³/mol. The summed E-state index contributed by atoms with van der Waals surface area (Å²) in [7, 11) is 0. The third-order valence-electron chi connectivity index (χ3n) is 3.53. The molecule has 1 aliphatic rings. The molecule has 3 atom stereocenters. The maximum atomic E-state index is 10.9. The van der Waals surface area contributed by atoms with Gasteiger partial charge in [0.15, 0.2) is 0 Å². The average Bonchev–Trinajstić information content (AvgIpc) is 2.02. The van der Waals surface area contributed by atoms with Crippen LogP contribution in [0.2, 0.25) is 0 Å². The molecule has 82 valence electrons. The molecule has 0 amide bonds. The minimum absolute atomic E-state index is 0. The summed E-state index contributed by atoms with van der Waals surface area (Å²) in [6, 6.07) is 0. The van der Waals surface area contributed by atoms with Crippen LogP contribution in [0.15, 0.2) is 0 Å². The van der Waals surface area contributed by atoms with Gasteiger partial charge in [0.1, 0.15) is 0 Å². The van der Waals surface area contributed by atoms with E-state index < -0.39 is 17.5 Å². The van der Waals surface area contributed by atoms with Gasteiger partial charge >= 0.3 is 51.4 Å². The van der Waals surface area contributed by atoms with Gasteiger partial charge in [0.05, 0.1) is 6.10 Å². The minimum atomic E-state index is -1.03. The molecular weight excluding hydrogens is 219 g/mol. The van der Waals surface area contributed by atoms with E-state index in [1.807, 2.05) is 0 Å². The van der Waals surface area contributed by atoms with E-state index in [9.17, 15) is 15.0 Å². The molecule has 1 fully saturated rings. The molecule has 0 aromatic heterocycles. The van der Waals surface area contributed by atoms with E-state index in [-0.39, 0.29) is 57.3 Å². The third kappa shape index (κ3) is 3.79. The van der Waals surface area contributed by atoms with Crippen molar-refractivity contribution < 1.29 is 66.4 Å². The van der Waals surface area contributed by atoms with Crippen LogP contribution in [0.4, 0.5) is 0 Å². The Labute approximate surface area is 134 Å². The Bertz CT molecular complexity index is 230. The molecule has 0 spiro atoms. The monoisotopic (exact) mass is 238 g/mol. The quantitative estimate of drug-likeness (QED) is 0.544. The molecule has 1 N–H and O–H groups in total. The number of aliphatic hydroxyl groups excluding tert-OH is 1. The first-order valence-electron chi connectivity index (χ1n) is 5.26. The van der Waals surface area contributed by atoms with E-state index in [1.54, 1.807) is 6.92 Å². The normalized spacial score (nSPS) is 36.1. The van der Waals surface area contributed by atoms with Crippen molar-refractivity contribution in [1.29, 1.82) is 0 Å². The Hall–Kier alpha value is 1.07. The van der Waals surface area contributed by atoms with Crippen LogP contribution in [0.1, 0.15) is 40.0 Å². The van der Waals surface area contributed by atoms with Gasteiger partial charge in [-0.05, 0) is 31.1 Å². The second-order valence-corrected chi connectivity index (χ2v) is 5.07. The first-order chi connectivity index (χ1) is 6.37. The largest absolute Gasteiger partial charge is 1.00 e. The molecule has 0 bridgehead atoms. The maximum Gasteiger partial charge on any atom is 1.00 e. The number of carbonyl (C=O) groups excluding carboxylic acids is 1. The van der Waals surface area contributed by atoms with Crippen molar-refractivity contribution >= 4 is 5.97 Å². The van der Waals surface area contributed by atoms with Crippen molar-refractivity contribution in [2.24, 2.45) is 17.3 Å². The number of carbonyl (C=O) groups is 1. The predicted octanol–water partition coefficient (Wildman–Crippen LogP) is -2.44. The number of hydrogen-bond donors (Lipinski definition) is 1. The van der Waals surface area contributed by atoms with E-state index in [0.717, 1.165) is 6.42 Å². The molecule has 3 nitrogen and oxygen atoms in total. The Morgan fingerprint density at radius 2 is 2.07 bits per heavy atom. The Balaban J connectivity index is 0.00000196. The first kappa shape index (κ1) is 16.1. The maximum absolute atomic E-state index is 10.9. The van der Waals surface area contributed by atoms with Crippen molar-refractivity contribution in [1.82, 2.24) is 0 Å². The van der Waals surface area contributed by atoms with Crippen LogP contribution < -0.4 is 56.5 Å². The van der Waals surface area contributed by atoms with E-state index in [0.29, 0.717) is 18.8 Å². The first-order valence-corrected chi connectivity index (χ1v) is 5.26. The van der Waals surface area contributed by atoms with E-state index in [1.165, 1.54) is 0 Å². The molecule has 0 heterocycles. The number of carboxylic acids is 1. The molecule has 15 heavy (non-hydrogen) atoms. The van der Waals surface area contributed by atoms with Gasteiger partial charge in [-0.15, -0.1) is 0 Å². The van der Waals surface area contributed by atoms with E-state index in [2.05, 4.69) is 13.8 Å². The summed E-state index contributed by atoms with van der Waals surface area (Å²) in [5.41, 5.74) is -0.829. The molecule has 0 aliphatic heterocycles. The van der Waals surface area contributed by atoms with Gasteiger partial charge in [-0.2, -0.15) is 0 Å². The summed E-state index contributed by atoms with van der Waals surface area (Å²) in [5.74, 6) is -0.377.